The van der Waals surface area contributed by atoms with Crippen LogP contribution < -0.4 is 14.8 Å². The van der Waals surface area contributed by atoms with Crippen molar-refractivity contribution in [2.24, 2.45) is 0 Å². The lowest BCUT2D eigenvalue weighted by molar-refractivity contribution is -0.116. The van der Waals surface area contributed by atoms with E-state index in [1.807, 2.05) is 36.4 Å². The summed E-state index contributed by atoms with van der Waals surface area (Å²) in [6.45, 7) is 0.372. The highest BCUT2D eigenvalue weighted by Crippen LogP contribution is 2.27. The molecule has 1 amide bonds. The van der Waals surface area contributed by atoms with Crippen molar-refractivity contribution in [1.82, 2.24) is 10.3 Å². The first-order valence-electron chi connectivity index (χ1n) is 7.72. The van der Waals surface area contributed by atoms with Crippen LogP contribution in [0, 0.1) is 0 Å². The first-order valence-corrected chi connectivity index (χ1v) is 7.72. The lowest BCUT2D eigenvalue weighted by Crippen LogP contribution is -2.20. The van der Waals surface area contributed by atoms with Crippen molar-refractivity contribution in [1.29, 1.82) is 0 Å². The van der Waals surface area contributed by atoms with E-state index >= 15 is 0 Å². The maximum Gasteiger partial charge on any atom is 0.244 e. The molecule has 2 aromatic carbocycles. The number of nitrogens with zero attached hydrogens (tertiary/aromatic N) is 1. The Balaban J connectivity index is 1.60. The number of benzene rings is 2. The molecule has 0 radical (unpaired) electrons. The molecule has 128 valence electrons. The van der Waals surface area contributed by atoms with E-state index in [1.165, 1.54) is 6.08 Å². The Labute approximate surface area is 145 Å². The minimum absolute atomic E-state index is 0.239. The zero-order chi connectivity index (χ0) is 17.6. The van der Waals surface area contributed by atoms with Gasteiger partial charge < -0.3 is 19.2 Å². The number of hydrogen-bond acceptors (Lipinski definition) is 5. The SMILES string of the molecule is COc1ccc(CNC(=O)/C=C/c2nc3ccccc3o2)cc1OC. The first-order chi connectivity index (χ1) is 12.2. The van der Waals surface area contributed by atoms with Crippen LogP contribution in [-0.4, -0.2) is 25.1 Å². The van der Waals surface area contributed by atoms with Crippen molar-refractivity contribution >= 4 is 23.1 Å². The standard InChI is InChI=1S/C19H18N2O4/c1-23-16-8-7-13(11-17(16)24-2)12-20-18(22)9-10-19-21-14-5-3-4-6-15(14)25-19/h3-11H,12H2,1-2H3,(H,20,22)/b10-9+. The normalized spacial score (nSPS) is 11.0. The van der Waals surface area contributed by atoms with Crippen LogP contribution in [0.4, 0.5) is 0 Å². The highest BCUT2D eigenvalue weighted by atomic mass is 16.5. The highest BCUT2D eigenvalue weighted by molar-refractivity contribution is 5.91. The molecule has 1 N–H and O–H groups in total. The molecule has 6 heteroatoms. The van der Waals surface area contributed by atoms with Gasteiger partial charge in [-0.2, -0.15) is 0 Å². The molecule has 0 atom stereocenters. The van der Waals surface area contributed by atoms with Gasteiger partial charge >= 0.3 is 0 Å². The highest BCUT2D eigenvalue weighted by Gasteiger charge is 2.06. The molecule has 0 aliphatic heterocycles. The van der Waals surface area contributed by atoms with Crippen LogP contribution in [0.25, 0.3) is 17.2 Å². The van der Waals surface area contributed by atoms with Gasteiger partial charge in [-0.05, 0) is 29.8 Å². The Hall–Kier alpha value is -3.28. The van der Waals surface area contributed by atoms with E-state index in [4.69, 9.17) is 13.9 Å². The van der Waals surface area contributed by atoms with Gasteiger partial charge in [-0.25, -0.2) is 4.98 Å². The number of aromatic nitrogens is 1. The summed E-state index contributed by atoms with van der Waals surface area (Å²) < 4.78 is 16.0. The molecule has 3 rings (SSSR count). The van der Waals surface area contributed by atoms with E-state index < -0.39 is 0 Å². The van der Waals surface area contributed by atoms with E-state index in [2.05, 4.69) is 10.3 Å². The maximum atomic E-state index is 12.0. The van der Waals surface area contributed by atoms with Gasteiger partial charge in [-0.1, -0.05) is 18.2 Å². The molecule has 1 aromatic heterocycles. The molecular formula is C19H18N2O4. The number of fused-ring (bicyclic) bond motifs is 1. The van der Waals surface area contributed by atoms with Gasteiger partial charge in [0.05, 0.1) is 14.2 Å². The molecule has 0 saturated carbocycles. The smallest absolute Gasteiger partial charge is 0.244 e. The average molecular weight is 338 g/mol. The Kier molecular flexibility index (Phi) is 4.99. The first kappa shape index (κ1) is 16.6. The zero-order valence-electron chi connectivity index (χ0n) is 14.0. The number of methoxy groups -OCH3 is 2. The fourth-order valence-electron chi connectivity index (χ4n) is 2.35. The van der Waals surface area contributed by atoms with Gasteiger partial charge in [-0.3, -0.25) is 4.79 Å². The summed E-state index contributed by atoms with van der Waals surface area (Å²) in [6.07, 6.45) is 2.94. The molecule has 3 aromatic rings. The van der Waals surface area contributed by atoms with Gasteiger partial charge in [-0.15, -0.1) is 0 Å². The van der Waals surface area contributed by atoms with E-state index in [-0.39, 0.29) is 5.91 Å². The number of amides is 1. The fourth-order valence-corrected chi connectivity index (χ4v) is 2.35. The average Bonchev–Trinajstić information content (AvgIpc) is 3.07. The van der Waals surface area contributed by atoms with Gasteiger partial charge in [0, 0.05) is 18.7 Å². The summed E-state index contributed by atoms with van der Waals surface area (Å²) >= 11 is 0. The Morgan fingerprint density at radius 1 is 1.16 bits per heavy atom. The zero-order valence-corrected chi connectivity index (χ0v) is 14.0. The lowest BCUT2D eigenvalue weighted by atomic mass is 10.2. The third-order valence-corrected chi connectivity index (χ3v) is 3.60. The molecule has 0 saturated heterocycles. The van der Waals surface area contributed by atoms with Gasteiger partial charge in [0.1, 0.15) is 5.52 Å². The quantitative estimate of drug-likeness (QED) is 0.699. The largest absolute Gasteiger partial charge is 0.493 e. The van der Waals surface area contributed by atoms with Gasteiger partial charge in [0.15, 0.2) is 17.1 Å². The molecule has 0 unspecified atom stereocenters. The minimum atomic E-state index is -0.239. The topological polar surface area (TPSA) is 73.6 Å². The molecule has 0 aliphatic rings. The summed E-state index contributed by atoms with van der Waals surface area (Å²) in [5.74, 6) is 1.42. The summed E-state index contributed by atoms with van der Waals surface area (Å²) in [5, 5.41) is 2.80. The second kappa shape index (κ2) is 7.53. The van der Waals surface area contributed by atoms with Crippen LogP contribution in [0.1, 0.15) is 11.5 Å². The second-order valence-corrected chi connectivity index (χ2v) is 5.26. The lowest BCUT2D eigenvalue weighted by Gasteiger charge is -2.09. The monoisotopic (exact) mass is 338 g/mol. The van der Waals surface area contributed by atoms with Crippen molar-refractivity contribution in [3.05, 3.63) is 60.0 Å². The van der Waals surface area contributed by atoms with Crippen LogP contribution in [0.3, 0.4) is 0 Å². The van der Waals surface area contributed by atoms with E-state index in [0.29, 0.717) is 29.5 Å². The number of carbonyl (C=O) groups is 1. The Morgan fingerprint density at radius 3 is 2.72 bits per heavy atom. The summed E-state index contributed by atoms with van der Waals surface area (Å²) in [7, 11) is 3.15. The molecule has 25 heavy (non-hydrogen) atoms. The fraction of sp³-hybridized carbons (Fsp3) is 0.158. The van der Waals surface area contributed by atoms with Crippen molar-refractivity contribution in [2.45, 2.75) is 6.54 Å². The molecule has 0 bridgehead atoms. The van der Waals surface area contributed by atoms with Gasteiger partial charge in [0.25, 0.3) is 0 Å². The summed E-state index contributed by atoms with van der Waals surface area (Å²) in [6, 6.07) is 12.9. The number of carbonyl (C=O) groups excluding carboxylic acids is 1. The van der Waals surface area contributed by atoms with E-state index in [9.17, 15) is 4.79 Å². The Morgan fingerprint density at radius 2 is 1.96 bits per heavy atom. The molecular weight excluding hydrogens is 320 g/mol. The van der Waals surface area contributed by atoms with E-state index in [0.717, 1.165) is 11.1 Å². The molecule has 0 spiro atoms. The van der Waals surface area contributed by atoms with Crippen LogP contribution in [0.2, 0.25) is 0 Å². The number of ether oxygens (including phenoxy) is 2. The van der Waals surface area contributed by atoms with E-state index in [1.54, 1.807) is 26.4 Å². The predicted octanol–water partition coefficient (Wildman–Crippen LogP) is 3.17. The van der Waals surface area contributed by atoms with Crippen LogP contribution in [-0.2, 0) is 11.3 Å². The third kappa shape index (κ3) is 3.98. The van der Waals surface area contributed by atoms with Crippen LogP contribution in [0.5, 0.6) is 11.5 Å². The molecule has 6 nitrogen and oxygen atoms in total. The summed E-state index contributed by atoms with van der Waals surface area (Å²) in [4.78, 5) is 16.2. The number of para-hydroxylation sites is 2. The van der Waals surface area contributed by atoms with Crippen molar-refractivity contribution in [2.75, 3.05) is 14.2 Å². The molecule has 0 aliphatic carbocycles. The van der Waals surface area contributed by atoms with Crippen molar-refractivity contribution in [3.8, 4) is 11.5 Å². The second-order valence-electron chi connectivity index (χ2n) is 5.26. The van der Waals surface area contributed by atoms with Crippen molar-refractivity contribution in [3.63, 3.8) is 0 Å². The number of hydrogen-bond donors (Lipinski definition) is 1. The number of rotatable bonds is 6. The maximum absolute atomic E-state index is 12.0. The number of oxazole rings is 1. The third-order valence-electron chi connectivity index (χ3n) is 3.60. The Bertz CT molecular complexity index is 882. The van der Waals surface area contributed by atoms with Crippen LogP contribution in [0.15, 0.2) is 53.0 Å². The summed E-state index contributed by atoms with van der Waals surface area (Å²) in [5.41, 5.74) is 2.35. The molecule has 0 fully saturated rings. The minimum Gasteiger partial charge on any atom is -0.493 e. The molecule has 1 heterocycles. The van der Waals surface area contributed by atoms with Gasteiger partial charge in [0.2, 0.25) is 11.8 Å². The van der Waals surface area contributed by atoms with Crippen LogP contribution >= 0.6 is 0 Å². The predicted molar refractivity (Wildman–Crippen MR) is 94.4 cm³/mol. The number of nitrogens with one attached hydrogen (secondary N) is 1. The van der Waals surface area contributed by atoms with Crippen molar-refractivity contribution < 1.29 is 18.7 Å².